The molecule has 0 bridgehead atoms. The average Bonchev–Trinajstić information content (AvgIpc) is 2.54. The third-order valence-corrected chi connectivity index (χ3v) is 4.43. The monoisotopic (exact) mass is 316 g/mol. The molecule has 2 aromatic carbocycles. The predicted octanol–water partition coefficient (Wildman–Crippen LogP) is 3.84. The molecular formula is C16H13FN2O2S. The minimum Gasteiger partial charge on any atom is -0.478 e. The number of nitrogens with zero attached hydrogens (tertiary/aromatic N) is 1. The van der Waals surface area contributed by atoms with Crippen LogP contribution in [-0.4, -0.2) is 22.5 Å². The van der Waals surface area contributed by atoms with Gasteiger partial charge in [-0.25, -0.2) is 9.18 Å². The summed E-state index contributed by atoms with van der Waals surface area (Å²) in [5.74, 6) is -0.404. The number of rotatable bonds is 3. The maximum Gasteiger partial charge on any atom is 0.335 e. The average molecular weight is 316 g/mol. The number of hydrogen-bond donors (Lipinski definition) is 2. The molecule has 0 aliphatic carbocycles. The lowest BCUT2D eigenvalue weighted by molar-refractivity contribution is 0.0697. The van der Waals surface area contributed by atoms with Crippen LogP contribution in [0.3, 0.4) is 0 Å². The Balaban J connectivity index is 1.82. The van der Waals surface area contributed by atoms with Crippen molar-refractivity contribution in [3.63, 3.8) is 0 Å². The number of hydrazone groups is 1. The lowest BCUT2D eigenvalue weighted by Crippen LogP contribution is -2.12. The molecule has 6 heteroatoms. The number of benzene rings is 2. The van der Waals surface area contributed by atoms with E-state index in [0.29, 0.717) is 10.6 Å². The second kappa shape index (κ2) is 6.19. The summed E-state index contributed by atoms with van der Waals surface area (Å²) in [4.78, 5) is 11.4. The van der Waals surface area contributed by atoms with Crippen LogP contribution in [0.5, 0.6) is 0 Å². The first-order valence-electron chi connectivity index (χ1n) is 6.73. The number of fused-ring (bicyclic) bond motifs is 1. The molecule has 0 fully saturated rings. The highest BCUT2D eigenvalue weighted by molar-refractivity contribution is 7.99. The van der Waals surface area contributed by atoms with Gasteiger partial charge in [-0.2, -0.15) is 5.10 Å². The lowest BCUT2D eigenvalue weighted by atomic mass is 10.1. The Morgan fingerprint density at radius 2 is 2.00 bits per heavy atom. The number of anilines is 1. The van der Waals surface area contributed by atoms with Crippen LogP contribution < -0.4 is 5.43 Å². The summed E-state index contributed by atoms with van der Waals surface area (Å²) in [6.45, 7) is 0. The first-order chi connectivity index (χ1) is 10.6. The number of aromatic carboxylic acids is 1. The molecule has 0 saturated heterocycles. The highest BCUT2D eigenvalue weighted by Gasteiger charge is 2.19. The first-order valence-corrected chi connectivity index (χ1v) is 7.71. The second-order valence-electron chi connectivity index (χ2n) is 4.77. The summed E-state index contributed by atoms with van der Waals surface area (Å²) in [6.07, 6.45) is 0.751. The van der Waals surface area contributed by atoms with Gasteiger partial charge in [-0.05, 0) is 30.3 Å². The predicted molar refractivity (Wildman–Crippen MR) is 85.3 cm³/mol. The number of halogens is 1. The van der Waals surface area contributed by atoms with Crippen LogP contribution in [-0.2, 0) is 0 Å². The molecule has 0 unspecified atom stereocenters. The summed E-state index contributed by atoms with van der Waals surface area (Å²) in [6, 6.07) is 11.3. The van der Waals surface area contributed by atoms with Crippen molar-refractivity contribution in [1.82, 2.24) is 0 Å². The van der Waals surface area contributed by atoms with E-state index in [1.54, 1.807) is 18.2 Å². The molecule has 1 aliphatic rings. The summed E-state index contributed by atoms with van der Waals surface area (Å²) < 4.78 is 13.8. The van der Waals surface area contributed by atoms with Gasteiger partial charge in [-0.3, -0.25) is 5.43 Å². The summed E-state index contributed by atoms with van der Waals surface area (Å²) >= 11 is 1.50. The molecule has 1 aliphatic heterocycles. The molecule has 0 atom stereocenters. The van der Waals surface area contributed by atoms with Crippen LogP contribution in [0, 0.1) is 5.82 Å². The molecule has 1 heterocycles. The quantitative estimate of drug-likeness (QED) is 0.845. The molecule has 0 spiro atoms. The van der Waals surface area contributed by atoms with Gasteiger partial charge in [0, 0.05) is 17.7 Å². The van der Waals surface area contributed by atoms with E-state index in [-0.39, 0.29) is 11.4 Å². The molecule has 4 nitrogen and oxygen atoms in total. The lowest BCUT2D eigenvalue weighted by Gasteiger charge is -2.17. The molecule has 0 amide bonds. The Bertz CT molecular complexity index is 744. The van der Waals surface area contributed by atoms with E-state index >= 15 is 0 Å². The van der Waals surface area contributed by atoms with E-state index in [0.717, 1.165) is 23.4 Å². The van der Waals surface area contributed by atoms with Crippen molar-refractivity contribution in [2.75, 3.05) is 11.2 Å². The fourth-order valence-electron chi connectivity index (χ4n) is 2.20. The van der Waals surface area contributed by atoms with Crippen molar-refractivity contribution in [1.29, 1.82) is 0 Å². The van der Waals surface area contributed by atoms with Crippen molar-refractivity contribution in [2.24, 2.45) is 5.10 Å². The maximum absolute atomic E-state index is 13.8. The molecule has 0 aromatic heterocycles. The van der Waals surface area contributed by atoms with Crippen LogP contribution in [0.15, 0.2) is 52.5 Å². The van der Waals surface area contributed by atoms with E-state index < -0.39 is 5.97 Å². The van der Waals surface area contributed by atoms with Gasteiger partial charge in [0.25, 0.3) is 0 Å². The molecule has 2 N–H and O–H groups in total. The van der Waals surface area contributed by atoms with Crippen LogP contribution in [0.1, 0.15) is 22.3 Å². The number of carboxylic acids is 1. The van der Waals surface area contributed by atoms with Gasteiger partial charge in [0.1, 0.15) is 5.82 Å². The van der Waals surface area contributed by atoms with Crippen molar-refractivity contribution >= 4 is 29.1 Å². The van der Waals surface area contributed by atoms with Gasteiger partial charge in [0.15, 0.2) is 0 Å². The number of carbonyl (C=O) groups is 1. The summed E-state index contributed by atoms with van der Waals surface area (Å²) in [7, 11) is 0. The normalized spacial score (nSPS) is 15.4. The fourth-order valence-corrected chi connectivity index (χ4v) is 3.25. The van der Waals surface area contributed by atoms with Crippen LogP contribution in [0.25, 0.3) is 0 Å². The van der Waals surface area contributed by atoms with Gasteiger partial charge in [0.05, 0.1) is 21.9 Å². The van der Waals surface area contributed by atoms with Gasteiger partial charge in [-0.15, -0.1) is 11.8 Å². The minimum absolute atomic E-state index is 0.222. The number of nitrogens with one attached hydrogen (secondary N) is 1. The molecule has 112 valence electrons. The maximum atomic E-state index is 13.8. The molecular weight excluding hydrogens is 303 g/mol. The van der Waals surface area contributed by atoms with Gasteiger partial charge in [-0.1, -0.05) is 12.1 Å². The zero-order valence-corrected chi connectivity index (χ0v) is 12.4. The summed E-state index contributed by atoms with van der Waals surface area (Å²) in [5.41, 5.74) is 5.43. The largest absolute Gasteiger partial charge is 0.478 e. The van der Waals surface area contributed by atoms with E-state index in [1.807, 2.05) is 6.07 Å². The van der Waals surface area contributed by atoms with Gasteiger partial charge in [0.2, 0.25) is 0 Å². The highest BCUT2D eigenvalue weighted by atomic mass is 32.2. The smallest absolute Gasteiger partial charge is 0.335 e. The molecule has 2 aromatic rings. The van der Waals surface area contributed by atoms with E-state index in [4.69, 9.17) is 5.11 Å². The van der Waals surface area contributed by atoms with Crippen molar-refractivity contribution < 1.29 is 14.3 Å². The Kier molecular flexibility index (Phi) is 4.11. The zero-order chi connectivity index (χ0) is 15.5. The van der Waals surface area contributed by atoms with Crippen LogP contribution >= 0.6 is 11.8 Å². The Labute approximate surface area is 131 Å². The number of hydrogen-bond acceptors (Lipinski definition) is 4. The standard InChI is InChI=1S/C16H13FN2O2S/c17-13-3-1-2-12-14(8-9-22-15(12)13)19-18-11-6-4-10(5-7-11)16(20)21/h1-7,18H,8-9H2,(H,20,21)/b19-14+. The number of carboxylic acid groups (broad SMARTS) is 1. The second-order valence-corrected chi connectivity index (χ2v) is 5.87. The number of thioether (sulfide) groups is 1. The fraction of sp³-hybridized carbons (Fsp3) is 0.125. The van der Waals surface area contributed by atoms with E-state index in [2.05, 4.69) is 10.5 Å². The van der Waals surface area contributed by atoms with E-state index in [9.17, 15) is 9.18 Å². The third-order valence-electron chi connectivity index (χ3n) is 3.31. The molecule has 22 heavy (non-hydrogen) atoms. The molecule has 0 saturated carbocycles. The van der Waals surface area contributed by atoms with Crippen LogP contribution in [0.2, 0.25) is 0 Å². The van der Waals surface area contributed by atoms with Crippen molar-refractivity contribution in [2.45, 2.75) is 11.3 Å². The Morgan fingerprint density at radius 3 is 2.73 bits per heavy atom. The highest BCUT2D eigenvalue weighted by Crippen LogP contribution is 2.32. The van der Waals surface area contributed by atoms with Crippen LogP contribution in [0.4, 0.5) is 10.1 Å². The zero-order valence-electron chi connectivity index (χ0n) is 11.5. The Hall–Kier alpha value is -2.34. The van der Waals surface area contributed by atoms with Crippen molar-refractivity contribution in [3.8, 4) is 0 Å². The summed E-state index contributed by atoms with van der Waals surface area (Å²) in [5, 5.41) is 13.2. The minimum atomic E-state index is -0.966. The SMILES string of the molecule is O=C(O)c1ccc(N/N=C2\CCSc3c(F)cccc32)cc1. The van der Waals surface area contributed by atoms with Gasteiger partial charge >= 0.3 is 5.97 Å². The molecule has 0 radical (unpaired) electrons. The van der Waals surface area contributed by atoms with E-state index in [1.165, 1.54) is 30.0 Å². The molecule has 3 rings (SSSR count). The van der Waals surface area contributed by atoms with Gasteiger partial charge < -0.3 is 5.11 Å². The Morgan fingerprint density at radius 1 is 1.23 bits per heavy atom. The third kappa shape index (κ3) is 2.96. The topological polar surface area (TPSA) is 61.7 Å². The van der Waals surface area contributed by atoms with Crippen molar-refractivity contribution in [3.05, 3.63) is 59.4 Å². The first kappa shape index (κ1) is 14.6.